The fraction of sp³-hybridized carbons (Fsp3) is 0.200. The second-order valence-corrected chi connectivity index (χ2v) is 5.14. The van der Waals surface area contributed by atoms with E-state index in [1.165, 1.54) is 0 Å². The number of benzene rings is 1. The number of anilines is 1. The van der Waals surface area contributed by atoms with Crippen LogP contribution in [-0.2, 0) is 0 Å². The summed E-state index contributed by atoms with van der Waals surface area (Å²) in [6.45, 7) is 0.476. The minimum Gasteiger partial charge on any atom is -0.388 e. The maximum Gasteiger partial charge on any atom is 0.259 e. The van der Waals surface area contributed by atoms with E-state index in [1.807, 2.05) is 0 Å². The second kappa shape index (κ2) is 5.23. The Balaban J connectivity index is 2.01. The average molecular weight is 289 g/mol. The van der Waals surface area contributed by atoms with Crippen molar-refractivity contribution in [1.82, 2.24) is 4.98 Å². The third-order valence-electron chi connectivity index (χ3n) is 3.42. The lowest BCUT2D eigenvalue weighted by molar-refractivity contribution is 0.0970. The van der Waals surface area contributed by atoms with Crippen molar-refractivity contribution >= 4 is 23.2 Å². The molecule has 0 saturated heterocycles. The zero-order valence-electron chi connectivity index (χ0n) is 10.7. The third kappa shape index (κ3) is 2.28. The molecule has 1 aliphatic rings. The van der Waals surface area contributed by atoms with Crippen LogP contribution in [0.2, 0.25) is 5.02 Å². The summed E-state index contributed by atoms with van der Waals surface area (Å²) in [5.74, 6) is -0.117. The van der Waals surface area contributed by atoms with Gasteiger partial charge in [-0.3, -0.25) is 9.78 Å². The highest BCUT2D eigenvalue weighted by Gasteiger charge is 2.28. The van der Waals surface area contributed by atoms with Crippen LogP contribution in [0.3, 0.4) is 0 Å². The molecule has 3 rings (SSSR count). The van der Waals surface area contributed by atoms with E-state index in [4.69, 9.17) is 11.6 Å². The Bertz CT molecular complexity index is 646. The first-order chi connectivity index (χ1) is 9.66. The predicted octanol–water partition coefficient (Wildman–Crippen LogP) is 2.82. The smallest absolute Gasteiger partial charge is 0.259 e. The lowest BCUT2D eigenvalue weighted by atomic mass is 9.98. The van der Waals surface area contributed by atoms with Crippen LogP contribution in [0.15, 0.2) is 42.7 Å². The van der Waals surface area contributed by atoms with Crippen LogP contribution < -0.4 is 4.90 Å². The number of aliphatic hydroxyl groups is 1. The van der Waals surface area contributed by atoms with Crippen molar-refractivity contribution < 1.29 is 9.90 Å². The van der Waals surface area contributed by atoms with Crippen LogP contribution >= 0.6 is 11.6 Å². The molecule has 1 unspecified atom stereocenters. The van der Waals surface area contributed by atoms with Gasteiger partial charge in [0.05, 0.1) is 11.7 Å². The zero-order chi connectivity index (χ0) is 14.1. The number of rotatable bonds is 1. The molecule has 0 fully saturated rings. The summed E-state index contributed by atoms with van der Waals surface area (Å²) in [7, 11) is 0. The lowest BCUT2D eigenvalue weighted by Crippen LogP contribution is -2.36. The van der Waals surface area contributed by atoms with E-state index >= 15 is 0 Å². The van der Waals surface area contributed by atoms with Crippen molar-refractivity contribution in [1.29, 1.82) is 0 Å². The molecule has 5 heteroatoms. The molecule has 1 aromatic carbocycles. The van der Waals surface area contributed by atoms with Gasteiger partial charge in [0.25, 0.3) is 5.91 Å². The van der Waals surface area contributed by atoms with Crippen molar-refractivity contribution in [3.8, 4) is 0 Å². The van der Waals surface area contributed by atoms with Gasteiger partial charge < -0.3 is 10.0 Å². The summed E-state index contributed by atoms with van der Waals surface area (Å²) in [5, 5.41) is 10.6. The number of pyridine rings is 1. The molecular weight excluding hydrogens is 276 g/mol. The van der Waals surface area contributed by atoms with Gasteiger partial charge in [-0.1, -0.05) is 11.6 Å². The largest absolute Gasteiger partial charge is 0.388 e. The molecular formula is C15H13ClN2O2. The van der Waals surface area contributed by atoms with E-state index in [9.17, 15) is 9.90 Å². The minimum atomic E-state index is -0.582. The van der Waals surface area contributed by atoms with Crippen molar-refractivity contribution in [3.63, 3.8) is 0 Å². The molecule has 0 bridgehead atoms. The number of carbonyl (C=O) groups is 1. The number of halogens is 1. The van der Waals surface area contributed by atoms with E-state index in [2.05, 4.69) is 4.98 Å². The standard InChI is InChI=1S/C15H13ClN2O2/c16-11-3-4-13-12(8-11)14(19)5-7-18(13)15(20)10-2-1-6-17-9-10/h1-4,6,8-9,14,19H,5,7H2. The van der Waals surface area contributed by atoms with Crippen LogP contribution in [0.25, 0.3) is 0 Å². The van der Waals surface area contributed by atoms with Crippen LogP contribution in [0.5, 0.6) is 0 Å². The highest BCUT2D eigenvalue weighted by Crippen LogP contribution is 2.36. The van der Waals surface area contributed by atoms with E-state index in [-0.39, 0.29) is 5.91 Å². The summed E-state index contributed by atoms with van der Waals surface area (Å²) in [6.07, 6.45) is 3.09. The summed E-state index contributed by atoms with van der Waals surface area (Å²) in [4.78, 5) is 18.2. The fourth-order valence-electron chi connectivity index (χ4n) is 2.42. The maximum absolute atomic E-state index is 12.5. The molecule has 4 nitrogen and oxygen atoms in total. The SMILES string of the molecule is O=C(c1cccnc1)N1CCC(O)c2cc(Cl)ccc21. The van der Waals surface area contributed by atoms with Crippen LogP contribution in [0.1, 0.15) is 28.4 Å². The van der Waals surface area contributed by atoms with Crippen LogP contribution in [-0.4, -0.2) is 22.5 Å². The van der Waals surface area contributed by atoms with Crippen molar-refractivity contribution in [3.05, 3.63) is 58.9 Å². The normalized spacial score (nSPS) is 17.7. The summed E-state index contributed by atoms with van der Waals surface area (Å²) < 4.78 is 0. The Morgan fingerprint density at radius 1 is 1.40 bits per heavy atom. The minimum absolute atomic E-state index is 0.117. The molecule has 102 valence electrons. The number of hydrogen-bond donors (Lipinski definition) is 1. The monoisotopic (exact) mass is 288 g/mol. The Morgan fingerprint density at radius 3 is 3.00 bits per heavy atom. The number of hydrogen-bond acceptors (Lipinski definition) is 3. The number of amides is 1. The molecule has 1 amide bonds. The molecule has 0 radical (unpaired) electrons. The fourth-order valence-corrected chi connectivity index (χ4v) is 2.60. The number of aliphatic hydroxyl groups excluding tert-OH is 1. The number of carbonyl (C=O) groups excluding carboxylic acids is 1. The lowest BCUT2D eigenvalue weighted by Gasteiger charge is -2.32. The molecule has 1 atom stereocenters. The molecule has 0 saturated carbocycles. The second-order valence-electron chi connectivity index (χ2n) is 4.71. The van der Waals surface area contributed by atoms with E-state index < -0.39 is 6.10 Å². The number of aromatic nitrogens is 1. The zero-order valence-corrected chi connectivity index (χ0v) is 11.4. The highest BCUT2D eigenvalue weighted by molar-refractivity contribution is 6.30. The van der Waals surface area contributed by atoms with Gasteiger partial charge >= 0.3 is 0 Å². The first kappa shape index (κ1) is 13.1. The molecule has 0 spiro atoms. The van der Waals surface area contributed by atoms with Crippen LogP contribution in [0.4, 0.5) is 5.69 Å². The summed E-state index contributed by atoms with van der Waals surface area (Å²) >= 11 is 5.96. The van der Waals surface area contributed by atoms with Gasteiger partial charge in [-0.2, -0.15) is 0 Å². The van der Waals surface area contributed by atoms with Gasteiger partial charge in [0.2, 0.25) is 0 Å². The van der Waals surface area contributed by atoms with Crippen molar-refractivity contribution in [2.24, 2.45) is 0 Å². The Kier molecular flexibility index (Phi) is 3.42. The van der Waals surface area contributed by atoms with Crippen molar-refractivity contribution in [2.75, 3.05) is 11.4 Å². The molecule has 2 heterocycles. The van der Waals surface area contributed by atoms with Crippen LogP contribution in [0, 0.1) is 0 Å². The van der Waals surface area contributed by atoms with Gasteiger partial charge in [0.15, 0.2) is 0 Å². The Labute approximate surface area is 121 Å². The molecule has 1 aromatic heterocycles. The number of nitrogens with zero attached hydrogens (tertiary/aromatic N) is 2. The van der Waals surface area contributed by atoms with E-state index in [0.717, 1.165) is 0 Å². The van der Waals surface area contributed by atoms with Gasteiger partial charge in [-0.25, -0.2) is 0 Å². The summed E-state index contributed by atoms with van der Waals surface area (Å²) in [6, 6.07) is 8.67. The van der Waals surface area contributed by atoms with Gasteiger partial charge in [-0.05, 0) is 36.8 Å². The van der Waals surface area contributed by atoms with E-state index in [1.54, 1.807) is 47.6 Å². The van der Waals surface area contributed by atoms with Crippen molar-refractivity contribution in [2.45, 2.75) is 12.5 Å². The third-order valence-corrected chi connectivity index (χ3v) is 3.65. The average Bonchev–Trinajstić information content (AvgIpc) is 2.48. The Morgan fingerprint density at radius 2 is 2.25 bits per heavy atom. The summed E-state index contributed by atoms with van der Waals surface area (Å²) in [5.41, 5.74) is 1.94. The van der Waals surface area contributed by atoms with Gasteiger partial charge in [-0.15, -0.1) is 0 Å². The van der Waals surface area contributed by atoms with E-state index in [0.29, 0.717) is 34.8 Å². The first-order valence-corrected chi connectivity index (χ1v) is 6.74. The quantitative estimate of drug-likeness (QED) is 0.878. The Hall–Kier alpha value is -1.91. The molecule has 1 N–H and O–H groups in total. The van der Waals surface area contributed by atoms with Gasteiger partial charge in [0.1, 0.15) is 0 Å². The predicted molar refractivity (Wildman–Crippen MR) is 76.9 cm³/mol. The van der Waals surface area contributed by atoms with Gasteiger partial charge in [0, 0.05) is 35.2 Å². The topological polar surface area (TPSA) is 53.4 Å². The maximum atomic E-state index is 12.5. The first-order valence-electron chi connectivity index (χ1n) is 6.36. The molecule has 0 aliphatic carbocycles. The molecule has 20 heavy (non-hydrogen) atoms. The molecule has 2 aromatic rings. The number of fused-ring (bicyclic) bond motifs is 1. The molecule has 1 aliphatic heterocycles. The highest BCUT2D eigenvalue weighted by atomic mass is 35.5.